The van der Waals surface area contributed by atoms with Gasteiger partial charge in [0.15, 0.2) is 0 Å². The number of amides is 2. The molecule has 3 rings (SSSR count). The molecule has 10 heteroatoms. The number of para-hydroxylation sites is 2. The van der Waals surface area contributed by atoms with Crippen molar-refractivity contribution in [1.82, 2.24) is 0 Å². The summed E-state index contributed by atoms with van der Waals surface area (Å²) >= 11 is 0. The van der Waals surface area contributed by atoms with E-state index in [9.17, 15) is 18.0 Å². The van der Waals surface area contributed by atoms with Crippen molar-refractivity contribution in [2.45, 2.75) is 11.8 Å². The van der Waals surface area contributed by atoms with E-state index < -0.39 is 15.9 Å². The number of hydrogen-bond acceptors (Lipinski definition) is 6. The molecular formula is C23H23N3O6S. The van der Waals surface area contributed by atoms with Crippen LogP contribution in [0.4, 0.5) is 17.1 Å². The highest BCUT2D eigenvalue weighted by molar-refractivity contribution is 7.92. The second kappa shape index (κ2) is 10.0. The van der Waals surface area contributed by atoms with Gasteiger partial charge in [0.25, 0.3) is 15.9 Å². The molecule has 0 aromatic heterocycles. The lowest BCUT2D eigenvalue weighted by molar-refractivity contribution is -0.114. The zero-order valence-corrected chi connectivity index (χ0v) is 19.0. The molecule has 0 heterocycles. The molecule has 0 unspecified atom stereocenters. The van der Waals surface area contributed by atoms with Crippen LogP contribution < -0.4 is 24.8 Å². The number of carbonyl (C=O) groups excluding carboxylic acids is 2. The Bertz CT molecular complexity index is 1290. The summed E-state index contributed by atoms with van der Waals surface area (Å²) in [6.07, 6.45) is 0. The molecule has 0 fully saturated rings. The quantitative estimate of drug-likeness (QED) is 0.462. The van der Waals surface area contributed by atoms with Crippen LogP contribution in [-0.4, -0.2) is 34.5 Å². The second-order valence-electron chi connectivity index (χ2n) is 6.88. The first kappa shape index (κ1) is 23.6. The summed E-state index contributed by atoms with van der Waals surface area (Å²) in [7, 11) is -1.15. The molecule has 3 aromatic carbocycles. The van der Waals surface area contributed by atoms with E-state index in [-0.39, 0.29) is 33.5 Å². The first-order valence-electron chi connectivity index (χ1n) is 9.76. The van der Waals surface area contributed by atoms with Gasteiger partial charge in [0.05, 0.1) is 30.5 Å². The minimum Gasteiger partial charge on any atom is -0.495 e. The molecular weight excluding hydrogens is 446 g/mol. The maximum atomic E-state index is 13.0. The molecule has 9 nitrogen and oxygen atoms in total. The topological polar surface area (TPSA) is 123 Å². The van der Waals surface area contributed by atoms with Crippen molar-refractivity contribution >= 4 is 38.9 Å². The fraction of sp³-hybridized carbons (Fsp3) is 0.130. The van der Waals surface area contributed by atoms with Crippen molar-refractivity contribution in [2.24, 2.45) is 0 Å². The Morgan fingerprint density at radius 1 is 0.788 bits per heavy atom. The Kier molecular flexibility index (Phi) is 7.19. The molecule has 0 spiro atoms. The number of benzene rings is 3. The zero-order valence-electron chi connectivity index (χ0n) is 18.2. The van der Waals surface area contributed by atoms with Crippen molar-refractivity contribution in [2.75, 3.05) is 29.6 Å². The van der Waals surface area contributed by atoms with E-state index in [0.29, 0.717) is 11.4 Å². The van der Waals surface area contributed by atoms with Crippen LogP contribution in [0.2, 0.25) is 0 Å². The van der Waals surface area contributed by atoms with Crippen LogP contribution >= 0.6 is 0 Å². The first-order chi connectivity index (χ1) is 15.7. The van der Waals surface area contributed by atoms with Gasteiger partial charge in [-0.2, -0.15) is 0 Å². The van der Waals surface area contributed by atoms with Gasteiger partial charge in [-0.15, -0.1) is 0 Å². The maximum absolute atomic E-state index is 13.0. The van der Waals surface area contributed by atoms with Crippen LogP contribution in [0.3, 0.4) is 0 Å². The molecule has 172 valence electrons. The van der Waals surface area contributed by atoms with E-state index in [4.69, 9.17) is 9.47 Å². The summed E-state index contributed by atoms with van der Waals surface area (Å²) < 4.78 is 38.9. The maximum Gasteiger partial charge on any atom is 0.262 e. The van der Waals surface area contributed by atoms with Gasteiger partial charge >= 0.3 is 0 Å². The van der Waals surface area contributed by atoms with Gasteiger partial charge in [-0.25, -0.2) is 8.42 Å². The first-order valence-corrected chi connectivity index (χ1v) is 11.2. The van der Waals surface area contributed by atoms with Gasteiger partial charge in [0, 0.05) is 18.2 Å². The van der Waals surface area contributed by atoms with Crippen molar-refractivity contribution in [3.63, 3.8) is 0 Å². The third-order valence-corrected chi connectivity index (χ3v) is 5.89. The zero-order chi connectivity index (χ0) is 24.0. The van der Waals surface area contributed by atoms with Crippen LogP contribution in [-0.2, 0) is 14.8 Å². The third-order valence-electron chi connectivity index (χ3n) is 4.53. The van der Waals surface area contributed by atoms with E-state index in [0.717, 1.165) is 0 Å². The summed E-state index contributed by atoms with van der Waals surface area (Å²) in [6.45, 7) is 1.36. The summed E-state index contributed by atoms with van der Waals surface area (Å²) in [5.74, 6) is -0.137. The van der Waals surface area contributed by atoms with Gasteiger partial charge in [0.2, 0.25) is 5.91 Å². The molecule has 0 aliphatic carbocycles. The second-order valence-corrected chi connectivity index (χ2v) is 8.57. The molecule has 3 aromatic rings. The van der Waals surface area contributed by atoms with Gasteiger partial charge < -0.3 is 20.1 Å². The number of sulfonamides is 1. The van der Waals surface area contributed by atoms with Crippen LogP contribution in [0.25, 0.3) is 0 Å². The SMILES string of the molecule is COc1ccc(S(=O)(=O)Nc2ccccc2OC)cc1NC(=O)c1cccc(NC(C)=O)c1. The molecule has 0 aliphatic heterocycles. The highest BCUT2D eigenvalue weighted by Gasteiger charge is 2.20. The summed E-state index contributed by atoms with van der Waals surface area (Å²) in [5, 5.41) is 5.27. The predicted octanol–water partition coefficient (Wildman–Crippen LogP) is 3.72. The Labute approximate surface area is 191 Å². The van der Waals surface area contributed by atoms with Crippen LogP contribution in [0, 0.1) is 0 Å². The molecule has 0 atom stereocenters. The molecule has 33 heavy (non-hydrogen) atoms. The minimum atomic E-state index is -4.00. The Morgan fingerprint density at radius 3 is 2.18 bits per heavy atom. The highest BCUT2D eigenvalue weighted by Crippen LogP contribution is 2.31. The lowest BCUT2D eigenvalue weighted by Crippen LogP contribution is -2.16. The number of nitrogens with one attached hydrogen (secondary N) is 3. The van der Waals surface area contributed by atoms with E-state index in [1.807, 2.05) is 0 Å². The smallest absolute Gasteiger partial charge is 0.262 e. The molecule has 0 saturated carbocycles. The molecule has 0 radical (unpaired) electrons. The van der Waals surface area contributed by atoms with Gasteiger partial charge in [0.1, 0.15) is 11.5 Å². The van der Waals surface area contributed by atoms with Crippen molar-refractivity contribution < 1.29 is 27.5 Å². The lowest BCUT2D eigenvalue weighted by atomic mass is 10.1. The van der Waals surface area contributed by atoms with Crippen LogP contribution in [0.15, 0.2) is 71.6 Å². The number of anilines is 3. The fourth-order valence-electron chi connectivity index (χ4n) is 3.02. The number of methoxy groups -OCH3 is 2. The van der Waals surface area contributed by atoms with Crippen LogP contribution in [0.1, 0.15) is 17.3 Å². The van der Waals surface area contributed by atoms with Gasteiger partial charge in [-0.3, -0.25) is 14.3 Å². The Hall–Kier alpha value is -4.05. The number of carbonyl (C=O) groups is 2. The van der Waals surface area contributed by atoms with Crippen molar-refractivity contribution in [1.29, 1.82) is 0 Å². The summed E-state index contributed by atoms with van der Waals surface area (Å²) in [4.78, 5) is 24.0. The monoisotopic (exact) mass is 469 g/mol. The Balaban J connectivity index is 1.89. The van der Waals surface area contributed by atoms with E-state index in [1.54, 1.807) is 42.5 Å². The largest absolute Gasteiger partial charge is 0.495 e. The van der Waals surface area contributed by atoms with Crippen molar-refractivity contribution in [3.05, 3.63) is 72.3 Å². The van der Waals surface area contributed by atoms with Crippen molar-refractivity contribution in [3.8, 4) is 11.5 Å². The fourth-order valence-corrected chi connectivity index (χ4v) is 4.12. The minimum absolute atomic E-state index is 0.0866. The Morgan fingerprint density at radius 2 is 1.48 bits per heavy atom. The van der Waals surface area contributed by atoms with E-state index in [1.165, 1.54) is 45.4 Å². The molecule has 3 N–H and O–H groups in total. The molecule has 0 bridgehead atoms. The predicted molar refractivity (Wildman–Crippen MR) is 125 cm³/mol. The van der Waals surface area contributed by atoms with E-state index in [2.05, 4.69) is 15.4 Å². The van der Waals surface area contributed by atoms with Gasteiger partial charge in [-0.1, -0.05) is 18.2 Å². The molecule has 2 amide bonds. The normalized spacial score (nSPS) is 10.8. The summed E-state index contributed by atoms with van der Waals surface area (Å²) in [5.41, 5.74) is 1.16. The molecule has 0 aliphatic rings. The summed E-state index contributed by atoms with van der Waals surface area (Å²) in [6, 6.07) is 17.1. The van der Waals surface area contributed by atoms with Gasteiger partial charge in [-0.05, 0) is 48.5 Å². The van der Waals surface area contributed by atoms with Crippen LogP contribution in [0.5, 0.6) is 11.5 Å². The molecule has 0 saturated heterocycles. The number of ether oxygens (including phenoxy) is 2. The third kappa shape index (κ3) is 5.80. The standard InChI is InChI=1S/C23H23N3O6S/c1-15(27)24-17-8-6-7-16(13-17)23(28)25-20-14-18(11-12-22(20)32-3)33(29,30)26-19-9-4-5-10-21(19)31-2/h4-14,26H,1-3H3,(H,24,27)(H,25,28). The average Bonchev–Trinajstić information content (AvgIpc) is 2.79. The number of rotatable bonds is 8. The average molecular weight is 470 g/mol. The van der Waals surface area contributed by atoms with E-state index >= 15 is 0 Å². The number of hydrogen-bond donors (Lipinski definition) is 3. The lowest BCUT2D eigenvalue weighted by Gasteiger charge is -2.15. The highest BCUT2D eigenvalue weighted by atomic mass is 32.2.